The number of rotatable bonds is 4. The second kappa shape index (κ2) is 6.68. The molecule has 1 saturated heterocycles. The van der Waals surface area contributed by atoms with Crippen molar-refractivity contribution < 1.29 is 9.90 Å². The average Bonchev–Trinajstić information content (AvgIpc) is 2.41. The van der Waals surface area contributed by atoms with E-state index >= 15 is 0 Å². The minimum absolute atomic E-state index is 0.0271. The van der Waals surface area contributed by atoms with Crippen LogP contribution in [-0.2, 0) is 4.79 Å². The van der Waals surface area contributed by atoms with Gasteiger partial charge in [-0.25, -0.2) is 0 Å². The molecule has 2 unspecified atom stereocenters. The lowest BCUT2D eigenvalue weighted by Gasteiger charge is -2.34. The number of aliphatic hydroxyl groups excluding tert-OH is 1. The highest BCUT2D eigenvalue weighted by Gasteiger charge is 2.24. The summed E-state index contributed by atoms with van der Waals surface area (Å²) < 4.78 is 0. The summed E-state index contributed by atoms with van der Waals surface area (Å²) >= 11 is 0. The number of β-amino-alcohol motifs (C(OH)–C–C–N with tert-alkyl or cyclic N) is 1. The van der Waals surface area contributed by atoms with Gasteiger partial charge in [0.25, 0.3) is 0 Å². The van der Waals surface area contributed by atoms with Crippen LogP contribution >= 0.6 is 0 Å². The summed E-state index contributed by atoms with van der Waals surface area (Å²) in [5, 5.41) is 12.7. The van der Waals surface area contributed by atoms with Gasteiger partial charge in [0.1, 0.15) is 0 Å². The molecule has 2 N–H and O–H groups in total. The fourth-order valence-electron chi connectivity index (χ4n) is 2.32. The Kier molecular flexibility index (Phi) is 4.93. The van der Waals surface area contributed by atoms with Crippen LogP contribution in [0.4, 0.5) is 5.69 Å². The van der Waals surface area contributed by atoms with E-state index in [1.807, 2.05) is 30.3 Å². The predicted molar refractivity (Wildman–Crippen MR) is 75.9 cm³/mol. The number of anilines is 1. The van der Waals surface area contributed by atoms with Crippen LogP contribution in [0.2, 0.25) is 0 Å². The van der Waals surface area contributed by atoms with E-state index in [-0.39, 0.29) is 12.0 Å². The first-order chi connectivity index (χ1) is 9.15. The minimum Gasteiger partial charge on any atom is -0.392 e. The molecule has 0 aromatic heterocycles. The zero-order valence-electron chi connectivity index (χ0n) is 11.4. The maximum Gasteiger partial charge on any atom is 0.225 e. The molecule has 2 rings (SSSR count). The molecule has 1 aliphatic rings. The summed E-state index contributed by atoms with van der Waals surface area (Å²) in [6.45, 7) is 4.43. The Hall–Kier alpha value is -1.39. The summed E-state index contributed by atoms with van der Waals surface area (Å²) in [7, 11) is 0. The van der Waals surface area contributed by atoms with Gasteiger partial charge in [0.2, 0.25) is 5.91 Å². The molecule has 0 spiro atoms. The van der Waals surface area contributed by atoms with E-state index in [2.05, 4.69) is 17.1 Å². The van der Waals surface area contributed by atoms with Gasteiger partial charge in [-0.1, -0.05) is 25.1 Å². The number of benzene rings is 1. The number of likely N-dealkylation sites (tertiary alicyclic amines) is 1. The smallest absolute Gasteiger partial charge is 0.225 e. The van der Waals surface area contributed by atoms with Gasteiger partial charge in [0.15, 0.2) is 0 Å². The summed E-state index contributed by atoms with van der Waals surface area (Å²) in [5.74, 6) is 0.397. The van der Waals surface area contributed by atoms with Crippen molar-refractivity contribution in [3.8, 4) is 0 Å². The number of hydrogen-bond acceptors (Lipinski definition) is 3. The van der Waals surface area contributed by atoms with E-state index in [0.717, 1.165) is 18.7 Å². The summed E-state index contributed by atoms with van der Waals surface area (Å²) in [4.78, 5) is 14.0. The third-order valence-electron chi connectivity index (χ3n) is 3.72. The average molecular weight is 262 g/mol. The maximum atomic E-state index is 11.8. The van der Waals surface area contributed by atoms with Crippen molar-refractivity contribution in [2.45, 2.75) is 25.9 Å². The molecule has 0 bridgehead atoms. The fourth-order valence-corrected chi connectivity index (χ4v) is 2.32. The molecule has 1 aliphatic heterocycles. The highest BCUT2D eigenvalue weighted by Crippen LogP contribution is 2.17. The molecule has 0 radical (unpaired) electrons. The highest BCUT2D eigenvalue weighted by atomic mass is 16.3. The molecule has 104 valence electrons. The first-order valence-corrected chi connectivity index (χ1v) is 6.90. The van der Waals surface area contributed by atoms with Crippen LogP contribution in [0.5, 0.6) is 0 Å². The van der Waals surface area contributed by atoms with Crippen LogP contribution in [0.25, 0.3) is 0 Å². The Morgan fingerprint density at radius 2 is 2.16 bits per heavy atom. The number of amides is 1. The van der Waals surface area contributed by atoms with Crippen LogP contribution in [0, 0.1) is 5.92 Å². The van der Waals surface area contributed by atoms with Crippen molar-refractivity contribution >= 4 is 11.6 Å². The van der Waals surface area contributed by atoms with Gasteiger partial charge < -0.3 is 15.3 Å². The number of aliphatic hydroxyl groups is 1. The number of nitrogens with one attached hydrogen (secondary N) is 1. The standard InChI is InChI=1S/C15H22N2O2/c1-12-7-9-17(11-14(12)18)10-8-15(19)16-13-5-3-2-4-6-13/h2-6,12,14,18H,7-11H2,1H3,(H,16,19). The SMILES string of the molecule is CC1CCN(CCC(=O)Nc2ccccc2)CC1O. The van der Waals surface area contributed by atoms with Crippen molar-refractivity contribution in [1.29, 1.82) is 0 Å². The molecule has 1 fully saturated rings. The Labute approximate surface area is 114 Å². The van der Waals surface area contributed by atoms with Gasteiger partial charge in [-0.15, -0.1) is 0 Å². The van der Waals surface area contributed by atoms with Crippen LogP contribution in [0.3, 0.4) is 0 Å². The lowest BCUT2D eigenvalue weighted by Crippen LogP contribution is -2.43. The molecule has 2 atom stereocenters. The molecule has 1 heterocycles. The Bertz CT molecular complexity index is 408. The molecule has 1 aromatic rings. The zero-order chi connectivity index (χ0) is 13.7. The number of nitrogens with zero attached hydrogens (tertiary/aromatic N) is 1. The van der Waals surface area contributed by atoms with Crippen LogP contribution in [0.15, 0.2) is 30.3 Å². The summed E-state index contributed by atoms with van der Waals surface area (Å²) in [5.41, 5.74) is 0.833. The second-order valence-corrected chi connectivity index (χ2v) is 5.30. The first-order valence-electron chi connectivity index (χ1n) is 6.90. The third kappa shape index (κ3) is 4.33. The number of carbonyl (C=O) groups excluding carboxylic acids is 1. The topological polar surface area (TPSA) is 52.6 Å². The van der Waals surface area contributed by atoms with Crippen molar-refractivity contribution in [2.24, 2.45) is 5.92 Å². The fraction of sp³-hybridized carbons (Fsp3) is 0.533. The predicted octanol–water partition coefficient (Wildman–Crippen LogP) is 1.72. The van der Waals surface area contributed by atoms with Crippen molar-refractivity contribution in [2.75, 3.05) is 25.0 Å². The number of carbonyl (C=O) groups is 1. The maximum absolute atomic E-state index is 11.8. The second-order valence-electron chi connectivity index (χ2n) is 5.30. The molecule has 1 amide bonds. The van der Waals surface area contributed by atoms with Crippen LogP contribution in [-0.4, -0.2) is 41.7 Å². The molecule has 1 aromatic carbocycles. The molecular formula is C15H22N2O2. The minimum atomic E-state index is -0.258. The lowest BCUT2D eigenvalue weighted by atomic mass is 9.96. The van der Waals surface area contributed by atoms with Crippen LogP contribution < -0.4 is 5.32 Å². The van der Waals surface area contributed by atoms with Gasteiger partial charge in [0.05, 0.1) is 6.10 Å². The summed E-state index contributed by atoms with van der Waals surface area (Å²) in [6.07, 6.45) is 1.21. The normalized spacial score (nSPS) is 24.1. The monoisotopic (exact) mass is 262 g/mol. The third-order valence-corrected chi connectivity index (χ3v) is 3.72. The zero-order valence-corrected chi connectivity index (χ0v) is 11.4. The number of hydrogen-bond donors (Lipinski definition) is 2. The van der Waals surface area contributed by atoms with Crippen LogP contribution in [0.1, 0.15) is 19.8 Å². The first kappa shape index (κ1) is 14.0. The Balaban J connectivity index is 1.72. The quantitative estimate of drug-likeness (QED) is 0.868. The van der Waals surface area contributed by atoms with Gasteiger partial charge in [0, 0.05) is 25.2 Å². The van der Waals surface area contributed by atoms with E-state index in [1.54, 1.807) is 0 Å². The Morgan fingerprint density at radius 3 is 2.84 bits per heavy atom. The van der Waals surface area contributed by atoms with Crippen molar-refractivity contribution in [3.05, 3.63) is 30.3 Å². The van der Waals surface area contributed by atoms with Gasteiger partial charge in [-0.3, -0.25) is 4.79 Å². The van der Waals surface area contributed by atoms with Crippen molar-refractivity contribution in [3.63, 3.8) is 0 Å². The molecule has 0 aliphatic carbocycles. The van der Waals surface area contributed by atoms with E-state index in [9.17, 15) is 9.90 Å². The molecule has 0 saturated carbocycles. The molecule has 4 heteroatoms. The lowest BCUT2D eigenvalue weighted by molar-refractivity contribution is -0.116. The van der Waals surface area contributed by atoms with Gasteiger partial charge >= 0.3 is 0 Å². The molecular weight excluding hydrogens is 240 g/mol. The van der Waals surface area contributed by atoms with E-state index in [1.165, 1.54) is 0 Å². The van der Waals surface area contributed by atoms with E-state index in [4.69, 9.17) is 0 Å². The van der Waals surface area contributed by atoms with Gasteiger partial charge in [-0.05, 0) is 31.0 Å². The number of para-hydroxylation sites is 1. The Morgan fingerprint density at radius 1 is 1.42 bits per heavy atom. The summed E-state index contributed by atoms with van der Waals surface area (Å²) in [6, 6.07) is 9.48. The highest BCUT2D eigenvalue weighted by molar-refractivity contribution is 5.90. The van der Waals surface area contributed by atoms with Crippen molar-refractivity contribution in [1.82, 2.24) is 4.90 Å². The van der Waals surface area contributed by atoms with E-state index in [0.29, 0.717) is 25.4 Å². The number of piperidine rings is 1. The van der Waals surface area contributed by atoms with E-state index < -0.39 is 0 Å². The molecule has 4 nitrogen and oxygen atoms in total. The molecule has 19 heavy (non-hydrogen) atoms. The largest absolute Gasteiger partial charge is 0.392 e. The van der Waals surface area contributed by atoms with Gasteiger partial charge in [-0.2, -0.15) is 0 Å².